The van der Waals surface area contributed by atoms with Gasteiger partial charge in [-0.3, -0.25) is 9.69 Å². The number of benzene rings is 1. The van der Waals surface area contributed by atoms with Crippen molar-refractivity contribution in [2.75, 3.05) is 50.8 Å². The molecule has 1 saturated heterocycles. The van der Waals surface area contributed by atoms with E-state index < -0.39 is 0 Å². The zero-order chi connectivity index (χ0) is 20.8. The second-order valence-corrected chi connectivity index (χ2v) is 8.33. The highest BCUT2D eigenvalue weighted by Crippen LogP contribution is 2.31. The Morgan fingerprint density at radius 2 is 2.03 bits per heavy atom. The molecule has 0 saturated carbocycles. The molecule has 3 aromatic rings. The van der Waals surface area contributed by atoms with Gasteiger partial charge in [0.2, 0.25) is 5.88 Å². The van der Waals surface area contributed by atoms with E-state index in [1.54, 1.807) is 29.7 Å². The minimum Gasteiger partial charge on any atom is -0.478 e. The fourth-order valence-electron chi connectivity index (χ4n) is 3.79. The van der Waals surface area contributed by atoms with Crippen molar-refractivity contribution in [2.24, 2.45) is 0 Å². The van der Waals surface area contributed by atoms with Crippen LogP contribution in [0.3, 0.4) is 0 Å². The first-order valence-corrected chi connectivity index (χ1v) is 11.4. The molecule has 1 amide bonds. The summed E-state index contributed by atoms with van der Waals surface area (Å²) in [5, 5.41) is 6.31. The third kappa shape index (κ3) is 4.91. The van der Waals surface area contributed by atoms with Crippen molar-refractivity contribution in [3.8, 4) is 5.88 Å². The number of nitrogens with zero attached hydrogens (tertiary/aromatic N) is 3. The van der Waals surface area contributed by atoms with Crippen LogP contribution in [0.15, 0.2) is 48.0 Å². The van der Waals surface area contributed by atoms with Gasteiger partial charge in [0.25, 0.3) is 5.91 Å². The first-order chi connectivity index (χ1) is 14.7. The number of thiophene rings is 1. The predicted molar refractivity (Wildman–Crippen MR) is 123 cm³/mol. The molecule has 0 unspecified atom stereocenters. The van der Waals surface area contributed by atoms with Gasteiger partial charge in [0.1, 0.15) is 0 Å². The lowest BCUT2D eigenvalue weighted by molar-refractivity contribution is 0.0955. The van der Waals surface area contributed by atoms with Gasteiger partial charge in [-0.1, -0.05) is 6.07 Å². The average molecular weight is 425 g/mol. The molecule has 7 heteroatoms. The molecule has 3 heterocycles. The molecule has 1 fully saturated rings. The van der Waals surface area contributed by atoms with Crippen LogP contribution in [-0.4, -0.2) is 61.7 Å². The summed E-state index contributed by atoms with van der Waals surface area (Å²) >= 11 is 1.81. The molecular weight excluding hydrogens is 396 g/mol. The van der Waals surface area contributed by atoms with Crippen LogP contribution < -0.4 is 15.0 Å². The number of hydrogen-bond donors (Lipinski definition) is 1. The van der Waals surface area contributed by atoms with E-state index in [1.807, 2.05) is 6.92 Å². The monoisotopic (exact) mass is 424 g/mol. The molecule has 0 bridgehead atoms. The highest BCUT2D eigenvalue weighted by Gasteiger charge is 2.18. The molecule has 0 atom stereocenters. The molecular formula is C23H28N4O2S. The molecule has 6 nitrogen and oxygen atoms in total. The maximum atomic E-state index is 11.8. The van der Waals surface area contributed by atoms with E-state index in [-0.39, 0.29) is 5.91 Å². The maximum Gasteiger partial charge on any atom is 0.252 e. The van der Waals surface area contributed by atoms with Gasteiger partial charge in [-0.05, 0) is 43.0 Å². The van der Waals surface area contributed by atoms with E-state index in [9.17, 15) is 4.79 Å². The lowest BCUT2D eigenvalue weighted by Gasteiger charge is -2.36. The number of ether oxygens (including phenoxy) is 1. The number of nitrogens with one attached hydrogen (secondary N) is 1. The van der Waals surface area contributed by atoms with E-state index in [2.05, 4.69) is 49.7 Å². The van der Waals surface area contributed by atoms with Crippen molar-refractivity contribution >= 4 is 33.0 Å². The number of hydrogen-bond acceptors (Lipinski definition) is 6. The predicted octanol–water partition coefficient (Wildman–Crippen LogP) is 3.64. The SMILES string of the molecule is CCNC(=O)c1ccc(OCCCN2CCN(c3cccc4sccc34)CC2)nc1. The minimum absolute atomic E-state index is 0.106. The second-order valence-electron chi connectivity index (χ2n) is 7.38. The van der Waals surface area contributed by atoms with Crippen LogP contribution >= 0.6 is 11.3 Å². The van der Waals surface area contributed by atoms with Crippen LogP contribution in [0.5, 0.6) is 5.88 Å². The molecule has 1 aliphatic heterocycles. The van der Waals surface area contributed by atoms with Crippen molar-refractivity contribution in [1.29, 1.82) is 0 Å². The Bertz CT molecular complexity index is 965. The van der Waals surface area contributed by atoms with Gasteiger partial charge in [0.05, 0.1) is 12.2 Å². The normalized spacial score (nSPS) is 14.8. The molecule has 0 aliphatic carbocycles. The summed E-state index contributed by atoms with van der Waals surface area (Å²) in [5.41, 5.74) is 1.92. The number of aromatic nitrogens is 1. The quantitative estimate of drug-likeness (QED) is 0.560. The van der Waals surface area contributed by atoms with E-state index in [4.69, 9.17) is 4.74 Å². The lowest BCUT2D eigenvalue weighted by Crippen LogP contribution is -2.46. The van der Waals surface area contributed by atoms with E-state index in [1.165, 1.54) is 15.8 Å². The highest BCUT2D eigenvalue weighted by molar-refractivity contribution is 7.17. The smallest absolute Gasteiger partial charge is 0.252 e. The summed E-state index contributed by atoms with van der Waals surface area (Å²) < 4.78 is 7.10. The molecule has 1 N–H and O–H groups in total. The van der Waals surface area contributed by atoms with Gasteiger partial charge >= 0.3 is 0 Å². The third-order valence-electron chi connectivity index (χ3n) is 5.39. The topological polar surface area (TPSA) is 57.7 Å². The number of piperazine rings is 1. The van der Waals surface area contributed by atoms with Crippen LogP contribution in [0.1, 0.15) is 23.7 Å². The Balaban J connectivity index is 1.18. The van der Waals surface area contributed by atoms with Gasteiger partial charge < -0.3 is 15.0 Å². The van der Waals surface area contributed by atoms with Crippen molar-refractivity contribution in [2.45, 2.75) is 13.3 Å². The summed E-state index contributed by atoms with van der Waals surface area (Å²) in [7, 11) is 0. The van der Waals surface area contributed by atoms with Crippen LogP contribution in [0.2, 0.25) is 0 Å². The number of anilines is 1. The molecule has 1 aromatic carbocycles. The fraction of sp³-hybridized carbons (Fsp3) is 0.391. The van der Waals surface area contributed by atoms with Crippen LogP contribution in [0, 0.1) is 0 Å². The molecule has 0 radical (unpaired) electrons. The number of fused-ring (bicyclic) bond motifs is 1. The Morgan fingerprint density at radius 3 is 2.80 bits per heavy atom. The number of carbonyl (C=O) groups excluding carboxylic acids is 1. The van der Waals surface area contributed by atoms with Gasteiger partial charge in [-0.25, -0.2) is 4.98 Å². The zero-order valence-corrected chi connectivity index (χ0v) is 18.2. The Morgan fingerprint density at radius 1 is 1.17 bits per heavy atom. The zero-order valence-electron chi connectivity index (χ0n) is 17.3. The van der Waals surface area contributed by atoms with Crippen molar-refractivity contribution in [3.63, 3.8) is 0 Å². The molecule has 2 aromatic heterocycles. The molecule has 0 spiro atoms. The van der Waals surface area contributed by atoms with Crippen LogP contribution in [-0.2, 0) is 0 Å². The van der Waals surface area contributed by atoms with E-state index in [0.717, 1.165) is 39.1 Å². The number of rotatable bonds is 8. The summed E-state index contributed by atoms with van der Waals surface area (Å²) in [6.07, 6.45) is 2.52. The van der Waals surface area contributed by atoms with Crippen LogP contribution in [0.25, 0.3) is 10.1 Å². The number of amides is 1. The summed E-state index contributed by atoms with van der Waals surface area (Å²) in [6.45, 7) is 8.40. The van der Waals surface area contributed by atoms with Crippen molar-refractivity contribution in [1.82, 2.24) is 15.2 Å². The van der Waals surface area contributed by atoms with Crippen molar-refractivity contribution in [3.05, 3.63) is 53.5 Å². The first kappa shape index (κ1) is 20.6. The van der Waals surface area contributed by atoms with Gasteiger partial charge in [0, 0.05) is 67.3 Å². The second kappa shape index (κ2) is 9.91. The highest BCUT2D eigenvalue weighted by atomic mass is 32.1. The minimum atomic E-state index is -0.106. The van der Waals surface area contributed by atoms with Gasteiger partial charge in [-0.15, -0.1) is 11.3 Å². The summed E-state index contributed by atoms with van der Waals surface area (Å²) in [4.78, 5) is 21.0. The third-order valence-corrected chi connectivity index (χ3v) is 6.27. The molecule has 1 aliphatic rings. The standard InChI is InChI=1S/C23H28N4O2S/c1-2-24-23(28)18-7-8-22(25-17-18)29-15-4-10-26-11-13-27(14-12-26)20-5-3-6-21-19(20)9-16-30-21/h3,5-9,16-17H,2,4,10-15H2,1H3,(H,24,28). The first-order valence-electron chi connectivity index (χ1n) is 10.5. The molecule has 158 valence electrons. The largest absolute Gasteiger partial charge is 0.478 e. The van der Waals surface area contributed by atoms with Gasteiger partial charge in [-0.2, -0.15) is 0 Å². The Labute approximate surface area is 181 Å². The van der Waals surface area contributed by atoms with Crippen LogP contribution in [0.4, 0.5) is 5.69 Å². The lowest BCUT2D eigenvalue weighted by atomic mass is 10.2. The number of pyridine rings is 1. The summed E-state index contributed by atoms with van der Waals surface area (Å²) in [6, 6.07) is 12.3. The van der Waals surface area contributed by atoms with Gasteiger partial charge in [0.15, 0.2) is 0 Å². The molecule has 30 heavy (non-hydrogen) atoms. The Kier molecular flexibility index (Phi) is 6.81. The Hall–Kier alpha value is -2.64. The van der Waals surface area contributed by atoms with Crippen molar-refractivity contribution < 1.29 is 9.53 Å². The van der Waals surface area contributed by atoms with E-state index in [0.29, 0.717) is 24.6 Å². The van der Waals surface area contributed by atoms with E-state index >= 15 is 0 Å². The maximum absolute atomic E-state index is 11.8. The number of carbonyl (C=O) groups is 1. The fourth-order valence-corrected chi connectivity index (χ4v) is 4.60. The summed E-state index contributed by atoms with van der Waals surface area (Å²) in [5.74, 6) is 0.461. The average Bonchev–Trinajstić information content (AvgIpc) is 3.27. The molecule has 4 rings (SSSR count).